The second kappa shape index (κ2) is 9.12. The van der Waals surface area contributed by atoms with Gasteiger partial charge in [-0.1, -0.05) is 42.0 Å². The predicted molar refractivity (Wildman–Crippen MR) is 96.2 cm³/mol. The number of aliphatic imine (C=N–C) groups is 1. The molecule has 0 heterocycles. The fourth-order valence-corrected chi connectivity index (χ4v) is 2.28. The molecule has 0 unspecified atom stereocenters. The zero-order chi connectivity index (χ0) is 19.0. The number of rotatable bonds is 6. The van der Waals surface area contributed by atoms with E-state index < -0.39 is 12.8 Å². The van der Waals surface area contributed by atoms with Crippen molar-refractivity contribution in [2.24, 2.45) is 4.99 Å². The molecule has 7 heteroatoms. The van der Waals surface area contributed by atoms with E-state index >= 15 is 0 Å². The maximum atomic E-state index is 12.1. The average Bonchev–Trinajstić information content (AvgIpc) is 2.60. The Morgan fingerprint density at radius 2 is 1.65 bits per heavy atom. The lowest BCUT2D eigenvalue weighted by atomic mass is 10.1. The first-order valence-electron chi connectivity index (χ1n) is 8.14. The second-order valence-electron chi connectivity index (χ2n) is 5.82. The highest BCUT2D eigenvalue weighted by atomic mass is 19.4. The van der Waals surface area contributed by atoms with Gasteiger partial charge in [-0.25, -0.2) is 0 Å². The Bertz CT molecular complexity index is 728. The van der Waals surface area contributed by atoms with Crippen molar-refractivity contribution >= 4 is 5.96 Å². The molecule has 0 aliphatic carbocycles. The molecule has 0 atom stereocenters. The van der Waals surface area contributed by atoms with Gasteiger partial charge in [0.2, 0.25) is 0 Å². The Hall–Kier alpha value is -2.70. The maximum Gasteiger partial charge on any atom is 0.422 e. The molecule has 4 nitrogen and oxygen atoms in total. The normalized spacial score (nSPS) is 12.0. The summed E-state index contributed by atoms with van der Waals surface area (Å²) in [6, 6.07) is 14.6. The first kappa shape index (κ1) is 19.6. The van der Waals surface area contributed by atoms with Crippen LogP contribution in [0.15, 0.2) is 53.5 Å². The maximum absolute atomic E-state index is 12.1. The van der Waals surface area contributed by atoms with Crippen molar-refractivity contribution in [3.8, 4) is 5.75 Å². The standard InChI is InChI=1S/C19H22F3N3O/c1-14-4-3-5-16(10-14)12-25-18(23-2)24-11-15-6-8-17(9-7-15)26-13-19(20,21)22/h3-10H,11-13H2,1-2H3,(H2,23,24,25). The van der Waals surface area contributed by atoms with E-state index in [1.54, 1.807) is 19.2 Å². The van der Waals surface area contributed by atoms with Crippen LogP contribution < -0.4 is 15.4 Å². The van der Waals surface area contributed by atoms with E-state index in [0.717, 1.165) is 11.1 Å². The molecule has 0 saturated carbocycles. The van der Waals surface area contributed by atoms with Gasteiger partial charge in [0.05, 0.1) is 0 Å². The number of nitrogens with zero attached hydrogens (tertiary/aromatic N) is 1. The minimum absolute atomic E-state index is 0.188. The van der Waals surface area contributed by atoms with Crippen LogP contribution in [0, 0.1) is 6.92 Å². The topological polar surface area (TPSA) is 45.7 Å². The zero-order valence-corrected chi connectivity index (χ0v) is 14.7. The first-order valence-corrected chi connectivity index (χ1v) is 8.14. The van der Waals surface area contributed by atoms with Gasteiger partial charge in [-0.2, -0.15) is 13.2 Å². The van der Waals surface area contributed by atoms with E-state index in [4.69, 9.17) is 0 Å². The molecular weight excluding hydrogens is 343 g/mol. The Morgan fingerprint density at radius 3 is 2.23 bits per heavy atom. The van der Waals surface area contributed by atoms with Crippen LogP contribution in [-0.2, 0) is 13.1 Å². The summed E-state index contributed by atoms with van der Waals surface area (Å²) in [5.74, 6) is 0.830. The molecule has 2 rings (SSSR count). The van der Waals surface area contributed by atoms with Crippen molar-refractivity contribution in [1.29, 1.82) is 0 Å². The summed E-state index contributed by atoms with van der Waals surface area (Å²) in [6.45, 7) is 1.89. The van der Waals surface area contributed by atoms with Crippen molar-refractivity contribution in [3.05, 3.63) is 65.2 Å². The average molecular weight is 365 g/mol. The highest BCUT2D eigenvalue weighted by molar-refractivity contribution is 5.79. The lowest BCUT2D eigenvalue weighted by Crippen LogP contribution is -2.36. The van der Waals surface area contributed by atoms with Gasteiger partial charge < -0.3 is 15.4 Å². The van der Waals surface area contributed by atoms with Gasteiger partial charge in [-0.15, -0.1) is 0 Å². The number of hydrogen-bond donors (Lipinski definition) is 2. The molecule has 2 N–H and O–H groups in total. The van der Waals surface area contributed by atoms with Gasteiger partial charge in [-0.3, -0.25) is 4.99 Å². The van der Waals surface area contributed by atoms with Crippen LogP contribution in [0.3, 0.4) is 0 Å². The van der Waals surface area contributed by atoms with Gasteiger partial charge in [0.1, 0.15) is 5.75 Å². The summed E-state index contributed by atoms with van der Waals surface area (Å²) < 4.78 is 41.1. The van der Waals surface area contributed by atoms with E-state index in [9.17, 15) is 13.2 Å². The largest absolute Gasteiger partial charge is 0.484 e. The fraction of sp³-hybridized carbons (Fsp3) is 0.316. The molecule has 0 saturated heterocycles. The van der Waals surface area contributed by atoms with Crippen molar-refractivity contribution in [3.63, 3.8) is 0 Å². The van der Waals surface area contributed by atoms with E-state index in [2.05, 4.69) is 26.4 Å². The van der Waals surface area contributed by atoms with Crippen molar-refractivity contribution < 1.29 is 17.9 Å². The third-order valence-electron chi connectivity index (χ3n) is 3.55. The molecule has 0 amide bonds. The van der Waals surface area contributed by atoms with Crippen molar-refractivity contribution in [2.45, 2.75) is 26.2 Å². The van der Waals surface area contributed by atoms with Gasteiger partial charge in [0, 0.05) is 20.1 Å². The lowest BCUT2D eigenvalue weighted by Gasteiger charge is -2.13. The summed E-state index contributed by atoms with van der Waals surface area (Å²) in [5.41, 5.74) is 3.25. The van der Waals surface area contributed by atoms with Gasteiger partial charge in [0.15, 0.2) is 12.6 Å². The molecule has 0 aliphatic rings. The summed E-state index contributed by atoms with van der Waals surface area (Å²) >= 11 is 0. The molecule has 2 aromatic rings. The molecule has 0 fully saturated rings. The molecule has 0 bridgehead atoms. The molecule has 26 heavy (non-hydrogen) atoms. The van der Waals surface area contributed by atoms with Crippen LogP contribution in [0.5, 0.6) is 5.75 Å². The minimum atomic E-state index is -4.34. The van der Waals surface area contributed by atoms with E-state index in [1.807, 2.05) is 25.1 Å². The summed E-state index contributed by atoms with van der Waals surface area (Å²) in [6.07, 6.45) is -4.34. The zero-order valence-electron chi connectivity index (χ0n) is 14.7. The molecule has 2 aromatic carbocycles. The van der Waals surface area contributed by atoms with E-state index in [1.165, 1.54) is 17.7 Å². The monoisotopic (exact) mass is 365 g/mol. The fourth-order valence-electron chi connectivity index (χ4n) is 2.28. The number of nitrogens with one attached hydrogen (secondary N) is 2. The third kappa shape index (κ3) is 7.04. The number of alkyl halides is 3. The molecule has 0 radical (unpaired) electrons. The quantitative estimate of drug-likeness (QED) is 0.605. The van der Waals surface area contributed by atoms with Crippen LogP contribution in [0.4, 0.5) is 13.2 Å². The van der Waals surface area contributed by atoms with Crippen LogP contribution in [0.25, 0.3) is 0 Å². The highest BCUT2D eigenvalue weighted by Gasteiger charge is 2.28. The van der Waals surface area contributed by atoms with E-state index in [0.29, 0.717) is 19.0 Å². The number of halogens is 3. The SMILES string of the molecule is CN=C(NCc1ccc(OCC(F)(F)F)cc1)NCc1cccc(C)c1. The van der Waals surface area contributed by atoms with Crippen molar-refractivity contribution in [2.75, 3.05) is 13.7 Å². The predicted octanol–water partition coefficient (Wildman–Crippen LogP) is 3.80. The lowest BCUT2D eigenvalue weighted by molar-refractivity contribution is -0.153. The van der Waals surface area contributed by atoms with Crippen LogP contribution >= 0.6 is 0 Å². The Labute approximate surface area is 151 Å². The Kier molecular flexibility index (Phi) is 6.89. The minimum Gasteiger partial charge on any atom is -0.484 e. The highest BCUT2D eigenvalue weighted by Crippen LogP contribution is 2.18. The van der Waals surface area contributed by atoms with Crippen LogP contribution in [-0.4, -0.2) is 25.8 Å². The Balaban J connectivity index is 1.80. The van der Waals surface area contributed by atoms with Crippen LogP contribution in [0.1, 0.15) is 16.7 Å². The molecule has 0 aromatic heterocycles. The smallest absolute Gasteiger partial charge is 0.422 e. The summed E-state index contributed by atoms with van der Waals surface area (Å²) in [7, 11) is 1.68. The molecule has 0 aliphatic heterocycles. The number of hydrogen-bond acceptors (Lipinski definition) is 2. The molecular formula is C19H22F3N3O. The number of benzene rings is 2. The number of aryl methyl sites for hydroxylation is 1. The number of ether oxygens (including phenoxy) is 1. The third-order valence-corrected chi connectivity index (χ3v) is 3.55. The van der Waals surface area contributed by atoms with Crippen LogP contribution in [0.2, 0.25) is 0 Å². The first-order chi connectivity index (χ1) is 12.4. The summed E-state index contributed by atoms with van der Waals surface area (Å²) in [5, 5.41) is 6.39. The Morgan fingerprint density at radius 1 is 1.00 bits per heavy atom. The van der Waals surface area contributed by atoms with E-state index in [-0.39, 0.29) is 5.75 Å². The van der Waals surface area contributed by atoms with Gasteiger partial charge in [0.25, 0.3) is 0 Å². The van der Waals surface area contributed by atoms with Gasteiger partial charge >= 0.3 is 6.18 Å². The second-order valence-corrected chi connectivity index (χ2v) is 5.82. The molecule has 140 valence electrons. The van der Waals surface area contributed by atoms with Gasteiger partial charge in [-0.05, 0) is 30.2 Å². The summed E-state index contributed by atoms with van der Waals surface area (Å²) in [4.78, 5) is 4.16. The van der Waals surface area contributed by atoms with Crippen molar-refractivity contribution in [1.82, 2.24) is 10.6 Å². The molecule has 0 spiro atoms. The number of guanidine groups is 1.